The van der Waals surface area contributed by atoms with Crippen LogP contribution in [0.3, 0.4) is 0 Å². The van der Waals surface area contributed by atoms with Crippen LogP contribution >= 0.6 is 0 Å². The lowest BCUT2D eigenvalue weighted by Gasteiger charge is -2.17. The van der Waals surface area contributed by atoms with Gasteiger partial charge in [-0.2, -0.15) is 5.10 Å². The van der Waals surface area contributed by atoms with Crippen LogP contribution in [0.2, 0.25) is 0 Å². The van der Waals surface area contributed by atoms with Crippen molar-refractivity contribution in [2.24, 2.45) is 5.92 Å². The highest BCUT2D eigenvalue weighted by Gasteiger charge is 2.23. The normalized spacial score (nSPS) is 12.6. The van der Waals surface area contributed by atoms with Crippen LogP contribution in [-0.2, 0) is 16.0 Å². The number of aromatic nitrogens is 2. The lowest BCUT2D eigenvalue weighted by molar-refractivity contribution is -0.143. The minimum atomic E-state index is -1.03. The third kappa shape index (κ3) is 2.96. The number of carbonyl (C=O) groups is 2. The summed E-state index contributed by atoms with van der Waals surface area (Å²) in [5, 5.41) is 19.4. The molecule has 1 heterocycles. The minimum absolute atomic E-state index is 0.0804. The Kier molecular flexibility index (Phi) is 4.02. The van der Waals surface area contributed by atoms with Gasteiger partial charge in [-0.3, -0.25) is 9.89 Å². The first kappa shape index (κ1) is 14.0. The molecule has 1 aromatic heterocycles. The molecule has 0 saturated heterocycles. The van der Waals surface area contributed by atoms with Gasteiger partial charge in [0.25, 0.3) is 0 Å². The molecule has 6 heteroatoms. The van der Waals surface area contributed by atoms with Gasteiger partial charge in [-0.25, -0.2) is 4.79 Å². The number of carbonyl (C=O) groups excluding carboxylic acids is 1. The summed E-state index contributed by atoms with van der Waals surface area (Å²) in [6, 6.07) is 6.58. The zero-order valence-electron chi connectivity index (χ0n) is 11.4. The summed E-state index contributed by atoms with van der Waals surface area (Å²) in [7, 11) is 0. The predicted octanol–water partition coefficient (Wildman–Crippen LogP) is 1.33. The highest BCUT2D eigenvalue weighted by Crippen LogP contribution is 2.15. The van der Waals surface area contributed by atoms with Crippen molar-refractivity contribution in [1.29, 1.82) is 0 Å². The number of aliphatic carboxylic acids is 1. The SMILES string of the molecule is CC(C)C(NC(=O)Cc1[nH]nc2ccccc12)C(=O)O. The molecule has 0 aliphatic heterocycles. The van der Waals surface area contributed by atoms with Gasteiger partial charge in [-0.1, -0.05) is 32.0 Å². The molecule has 1 aromatic carbocycles. The van der Waals surface area contributed by atoms with Crippen molar-refractivity contribution >= 4 is 22.8 Å². The summed E-state index contributed by atoms with van der Waals surface area (Å²) >= 11 is 0. The molecule has 0 bridgehead atoms. The maximum atomic E-state index is 12.0. The molecule has 20 heavy (non-hydrogen) atoms. The Bertz CT molecular complexity index is 633. The van der Waals surface area contributed by atoms with Crippen LogP contribution in [0, 0.1) is 5.92 Å². The van der Waals surface area contributed by atoms with Gasteiger partial charge < -0.3 is 10.4 Å². The second-order valence-electron chi connectivity index (χ2n) is 5.02. The number of rotatable bonds is 5. The molecule has 6 nitrogen and oxygen atoms in total. The zero-order chi connectivity index (χ0) is 14.7. The van der Waals surface area contributed by atoms with Crippen molar-refractivity contribution in [3.05, 3.63) is 30.0 Å². The Morgan fingerprint density at radius 2 is 2.05 bits per heavy atom. The van der Waals surface area contributed by atoms with Crippen LogP contribution in [0.5, 0.6) is 0 Å². The average molecular weight is 275 g/mol. The third-order valence-electron chi connectivity index (χ3n) is 3.13. The van der Waals surface area contributed by atoms with Gasteiger partial charge in [0, 0.05) is 5.39 Å². The Morgan fingerprint density at radius 3 is 2.70 bits per heavy atom. The van der Waals surface area contributed by atoms with E-state index in [4.69, 9.17) is 5.11 Å². The first-order valence-electron chi connectivity index (χ1n) is 6.43. The van der Waals surface area contributed by atoms with Gasteiger partial charge in [-0.15, -0.1) is 0 Å². The van der Waals surface area contributed by atoms with Crippen molar-refractivity contribution in [2.75, 3.05) is 0 Å². The number of hydrogen-bond acceptors (Lipinski definition) is 3. The number of nitrogens with one attached hydrogen (secondary N) is 2. The smallest absolute Gasteiger partial charge is 0.326 e. The maximum absolute atomic E-state index is 12.0. The highest BCUT2D eigenvalue weighted by atomic mass is 16.4. The van der Waals surface area contributed by atoms with Crippen molar-refractivity contribution < 1.29 is 14.7 Å². The Labute approximate surface area is 116 Å². The molecule has 1 atom stereocenters. The molecule has 2 rings (SSSR count). The predicted molar refractivity (Wildman–Crippen MR) is 74.2 cm³/mol. The Balaban J connectivity index is 2.10. The molecular formula is C14H17N3O3. The summed E-state index contributed by atoms with van der Waals surface area (Å²) < 4.78 is 0. The monoisotopic (exact) mass is 275 g/mol. The molecule has 0 radical (unpaired) electrons. The number of amides is 1. The molecule has 0 fully saturated rings. The lowest BCUT2D eigenvalue weighted by atomic mass is 10.0. The molecule has 0 saturated carbocycles. The van der Waals surface area contributed by atoms with E-state index in [9.17, 15) is 9.59 Å². The van der Waals surface area contributed by atoms with Crippen molar-refractivity contribution in [3.8, 4) is 0 Å². The van der Waals surface area contributed by atoms with Crippen LogP contribution in [0.15, 0.2) is 24.3 Å². The van der Waals surface area contributed by atoms with E-state index in [1.165, 1.54) is 0 Å². The van der Waals surface area contributed by atoms with Gasteiger partial charge in [0.1, 0.15) is 6.04 Å². The Hall–Kier alpha value is -2.37. The van der Waals surface area contributed by atoms with E-state index in [0.717, 1.165) is 10.9 Å². The van der Waals surface area contributed by atoms with Gasteiger partial charge in [-0.05, 0) is 12.0 Å². The highest BCUT2D eigenvalue weighted by molar-refractivity contribution is 5.89. The van der Waals surface area contributed by atoms with Gasteiger partial charge in [0.15, 0.2) is 0 Å². The minimum Gasteiger partial charge on any atom is -0.480 e. The zero-order valence-corrected chi connectivity index (χ0v) is 11.4. The fourth-order valence-corrected chi connectivity index (χ4v) is 2.05. The molecule has 0 spiro atoms. The van der Waals surface area contributed by atoms with Crippen molar-refractivity contribution in [2.45, 2.75) is 26.3 Å². The van der Waals surface area contributed by atoms with E-state index in [2.05, 4.69) is 15.5 Å². The Morgan fingerprint density at radius 1 is 1.35 bits per heavy atom. The lowest BCUT2D eigenvalue weighted by Crippen LogP contribution is -2.44. The summed E-state index contributed by atoms with van der Waals surface area (Å²) in [5.74, 6) is -1.53. The molecule has 1 unspecified atom stereocenters. The average Bonchev–Trinajstić information content (AvgIpc) is 2.79. The molecule has 3 N–H and O–H groups in total. The van der Waals surface area contributed by atoms with Gasteiger partial charge in [0.2, 0.25) is 5.91 Å². The van der Waals surface area contributed by atoms with Crippen LogP contribution in [0.4, 0.5) is 0 Å². The van der Waals surface area contributed by atoms with Crippen LogP contribution < -0.4 is 5.32 Å². The van der Waals surface area contributed by atoms with Crippen LogP contribution in [0.25, 0.3) is 10.9 Å². The second kappa shape index (κ2) is 5.73. The standard InChI is InChI=1S/C14H17N3O3/c1-8(2)13(14(19)20)15-12(18)7-11-9-5-3-4-6-10(9)16-17-11/h3-6,8,13H,7H2,1-2H3,(H,15,18)(H,16,17)(H,19,20). The van der Waals surface area contributed by atoms with E-state index in [1.54, 1.807) is 13.8 Å². The number of carboxylic acids is 1. The fourth-order valence-electron chi connectivity index (χ4n) is 2.05. The first-order chi connectivity index (χ1) is 9.49. The summed E-state index contributed by atoms with van der Waals surface area (Å²) in [4.78, 5) is 23.0. The maximum Gasteiger partial charge on any atom is 0.326 e. The van der Waals surface area contributed by atoms with Crippen LogP contribution in [0.1, 0.15) is 19.5 Å². The summed E-state index contributed by atoms with van der Waals surface area (Å²) in [6.07, 6.45) is 0.0804. The molecule has 2 aromatic rings. The van der Waals surface area contributed by atoms with Gasteiger partial charge >= 0.3 is 5.97 Å². The second-order valence-corrected chi connectivity index (χ2v) is 5.02. The molecule has 1 amide bonds. The number of hydrogen-bond donors (Lipinski definition) is 3. The van der Waals surface area contributed by atoms with Crippen molar-refractivity contribution in [1.82, 2.24) is 15.5 Å². The molecule has 0 aliphatic carbocycles. The number of nitrogens with zero attached hydrogens (tertiary/aromatic N) is 1. The molecule has 0 aliphatic rings. The number of para-hydroxylation sites is 1. The first-order valence-corrected chi connectivity index (χ1v) is 6.43. The topological polar surface area (TPSA) is 95.1 Å². The van der Waals surface area contributed by atoms with Crippen molar-refractivity contribution in [3.63, 3.8) is 0 Å². The number of fused-ring (bicyclic) bond motifs is 1. The third-order valence-corrected chi connectivity index (χ3v) is 3.13. The quantitative estimate of drug-likeness (QED) is 0.767. The summed E-state index contributed by atoms with van der Waals surface area (Å²) in [6.45, 7) is 3.51. The number of carboxylic acid groups (broad SMARTS) is 1. The number of aromatic amines is 1. The molecular weight excluding hydrogens is 258 g/mol. The summed E-state index contributed by atoms with van der Waals surface area (Å²) in [5.41, 5.74) is 1.47. The number of H-pyrrole nitrogens is 1. The van der Waals surface area contributed by atoms with E-state index in [-0.39, 0.29) is 18.2 Å². The van der Waals surface area contributed by atoms with E-state index in [0.29, 0.717) is 5.69 Å². The van der Waals surface area contributed by atoms with E-state index < -0.39 is 12.0 Å². The van der Waals surface area contributed by atoms with Crippen LogP contribution in [-0.4, -0.2) is 33.2 Å². The fraction of sp³-hybridized carbons (Fsp3) is 0.357. The number of benzene rings is 1. The van der Waals surface area contributed by atoms with Gasteiger partial charge in [0.05, 0.1) is 17.6 Å². The molecule has 106 valence electrons. The largest absolute Gasteiger partial charge is 0.480 e. The van der Waals surface area contributed by atoms with E-state index >= 15 is 0 Å². The van der Waals surface area contributed by atoms with E-state index in [1.807, 2.05) is 24.3 Å².